The average Bonchev–Trinajstić information content (AvgIpc) is 2.14. The molecule has 0 saturated heterocycles. The first-order chi connectivity index (χ1) is 7.70. The van der Waals surface area contributed by atoms with E-state index in [0.29, 0.717) is 18.2 Å². The van der Waals surface area contributed by atoms with Crippen LogP contribution in [0.5, 0.6) is 5.75 Å². The maximum absolute atomic E-state index is 12.3. The number of benzene rings is 1. The average molecular weight is 256 g/mol. The molecule has 94 valence electrons. The van der Waals surface area contributed by atoms with Gasteiger partial charge in [0.1, 0.15) is 5.75 Å². The molecule has 0 spiro atoms. The second kappa shape index (κ2) is 4.56. The van der Waals surface area contributed by atoms with Crippen LogP contribution in [0.15, 0.2) is 18.2 Å². The first kappa shape index (κ1) is 13.2. The Morgan fingerprint density at radius 2 is 1.88 bits per heavy atom. The van der Waals surface area contributed by atoms with E-state index >= 15 is 0 Å². The molecular weight excluding hydrogens is 251 g/mol. The molecule has 0 aliphatic rings. The van der Waals surface area contributed by atoms with Crippen molar-refractivity contribution in [3.63, 3.8) is 0 Å². The number of ether oxygens (including phenoxy) is 1. The maximum atomic E-state index is 12.3. The minimum atomic E-state index is -5.01. The van der Waals surface area contributed by atoms with Gasteiger partial charge >= 0.3 is 12.3 Å². The van der Waals surface area contributed by atoms with Gasteiger partial charge in [0.2, 0.25) is 0 Å². The molecule has 0 aliphatic heterocycles. The van der Waals surface area contributed by atoms with Gasteiger partial charge in [-0.1, -0.05) is 0 Å². The summed E-state index contributed by atoms with van der Waals surface area (Å²) in [7, 11) is 0. The number of halogens is 5. The largest absolute Gasteiger partial charge is 0.573 e. The molecule has 0 radical (unpaired) electrons. The molecule has 3 nitrogen and oxygen atoms in total. The van der Waals surface area contributed by atoms with E-state index in [1.807, 2.05) is 0 Å². The van der Waals surface area contributed by atoms with E-state index in [1.54, 1.807) is 0 Å². The van der Waals surface area contributed by atoms with Crippen molar-refractivity contribution in [3.05, 3.63) is 29.3 Å². The molecule has 0 aromatic heterocycles. The lowest BCUT2D eigenvalue weighted by Gasteiger charge is -2.11. The number of aromatic carboxylic acids is 1. The Morgan fingerprint density at radius 1 is 1.29 bits per heavy atom. The molecular formula is C9H5F5O3. The monoisotopic (exact) mass is 256 g/mol. The predicted octanol–water partition coefficient (Wildman–Crippen LogP) is 3.22. The zero-order valence-corrected chi connectivity index (χ0v) is 7.96. The fourth-order valence-corrected chi connectivity index (χ4v) is 1.11. The zero-order chi connectivity index (χ0) is 13.2. The van der Waals surface area contributed by atoms with Crippen molar-refractivity contribution < 1.29 is 36.6 Å². The Kier molecular flexibility index (Phi) is 3.54. The zero-order valence-electron chi connectivity index (χ0n) is 7.96. The van der Waals surface area contributed by atoms with Gasteiger partial charge in [-0.2, -0.15) is 0 Å². The fraction of sp³-hybridized carbons (Fsp3) is 0.222. The van der Waals surface area contributed by atoms with E-state index in [9.17, 15) is 26.7 Å². The standard InChI is InChI=1S/C9H5F5O3/c10-7(11)5-2-1-4(17-9(12,13)14)3-6(5)8(15)16/h1-3,7H,(H,15,16). The molecule has 0 fully saturated rings. The highest BCUT2D eigenvalue weighted by Gasteiger charge is 2.32. The summed E-state index contributed by atoms with van der Waals surface area (Å²) in [5.41, 5.74) is -1.80. The quantitative estimate of drug-likeness (QED) is 0.844. The number of hydrogen-bond acceptors (Lipinski definition) is 2. The van der Waals surface area contributed by atoms with Gasteiger partial charge in [0.05, 0.1) is 5.56 Å². The Hall–Kier alpha value is -1.86. The third-order valence-electron chi connectivity index (χ3n) is 1.72. The second-order valence-corrected chi connectivity index (χ2v) is 2.90. The lowest BCUT2D eigenvalue weighted by Crippen LogP contribution is -2.17. The minimum Gasteiger partial charge on any atom is -0.478 e. The van der Waals surface area contributed by atoms with Crippen LogP contribution in [0.1, 0.15) is 22.3 Å². The molecule has 0 atom stereocenters. The summed E-state index contributed by atoms with van der Waals surface area (Å²) in [5.74, 6) is -2.62. The van der Waals surface area contributed by atoms with Gasteiger partial charge < -0.3 is 9.84 Å². The second-order valence-electron chi connectivity index (χ2n) is 2.90. The van der Waals surface area contributed by atoms with E-state index < -0.39 is 35.6 Å². The van der Waals surface area contributed by atoms with Crippen LogP contribution >= 0.6 is 0 Å². The Morgan fingerprint density at radius 3 is 2.29 bits per heavy atom. The van der Waals surface area contributed by atoms with E-state index in [4.69, 9.17) is 5.11 Å². The summed E-state index contributed by atoms with van der Waals surface area (Å²) in [6.07, 6.45) is -8.11. The van der Waals surface area contributed by atoms with Crippen molar-refractivity contribution in [3.8, 4) is 5.75 Å². The number of carbonyl (C=O) groups is 1. The van der Waals surface area contributed by atoms with Gasteiger partial charge in [-0.15, -0.1) is 13.2 Å². The van der Waals surface area contributed by atoms with Gasteiger partial charge in [-0.25, -0.2) is 13.6 Å². The predicted molar refractivity (Wildman–Crippen MR) is 45.0 cm³/mol. The van der Waals surface area contributed by atoms with E-state index in [2.05, 4.69) is 4.74 Å². The van der Waals surface area contributed by atoms with Crippen molar-refractivity contribution in [1.82, 2.24) is 0 Å². The first-order valence-corrected chi connectivity index (χ1v) is 4.12. The molecule has 0 amide bonds. The topological polar surface area (TPSA) is 46.5 Å². The molecule has 0 aliphatic carbocycles. The lowest BCUT2D eigenvalue weighted by atomic mass is 10.1. The van der Waals surface area contributed by atoms with Crippen LogP contribution in [0.4, 0.5) is 22.0 Å². The number of carboxylic acid groups (broad SMARTS) is 1. The molecule has 17 heavy (non-hydrogen) atoms. The van der Waals surface area contributed by atoms with Crippen LogP contribution in [-0.2, 0) is 0 Å². The SMILES string of the molecule is O=C(O)c1cc(OC(F)(F)F)ccc1C(F)F. The highest BCUT2D eigenvalue weighted by molar-refractivity contribution is 5.90. The van der Waals surface area contributed by atoms with Crippen LogP contribution in [0.2, 0.25) is 0 Å². The van der Waals surface area contributed by atoms with Crippen molar-refractivity contribution in [1.29, 1.82) is 0 Å². The molecule has 1 aromatic carbocycles. The van der Waals surface area contributed by atoms with E-state index in [0.717, 1.165) is 0 Å². The lowest BCUT2D eigenvalue weighted by molar-refractivity contribution is -0.274. The summed E-state index contributed by atoms with van der Waals surface area (Å²) in [6, 6.07) is 1.61. The Balaban J connectivity index is 3.15. The molecule has 0 heterocycles. The van der Waals surface area contributed by atoms with Crippen molar-refractivity contribution >= 4 is 5.97 Å². The number of carboxylic acids is 1. The van der Waals surface area contributed by atoms with Crippen LogP contribution in [0.3, 0.4) is 0 Å². The molecule has 0 saturated carbocycles. The number of alkyl halides is 5. The summed E-state index contributed by atoms with van der Waals surface area (Å²) in [4.78, 5) is 10.6. The van der Waals surface area contributed by atoms with Crippen molar-refractivity contribution in [2.24, 2.45) is 0 Å². The van der Waals surface area contributed by atoms with Crippen LogP contribution < -0.4 is 4.74 Å². The van der Waals surface area contributed by atoms with Crippen molar-refractivity contribution in [2.75, 3.05) is 0 Å². The summed E-state index contributed by atoms with van der Waals surface area (Å²) < 4.78 is 63.5. The Labute approximate surface area is 91.4 Å². The fourth-order valence-electron chi connectivity index (χ4n) is 1.11. The number of hydrogen-bond donors (Lipinski definition) is 1. The third-order valence-corrected chi connectivity index (χ3v) is 1.72. The van der Waals surface area contributed by atoms with Gasteiger partial charge in [-0.3, -0.25) is 0 Å². The molecule has 1 rings (SSSR count). The van der Waals surface area contributed by atoms with Crippen LogP contribution in [-0.4, -0.2) is 17.4 Å². The van der Waals surface area contributed by atoms with Crippen LogP contribution in [0.25, 0.3) is 0 Å². The highest BCUT2D eigenvalue weighted by atomic mass is 19.4. The summed E-state index contributed by atoms with van der Waals surface area (Å²) >= 11 is 0. The highest BCUT2D eigenvalue weighted by Crippen LogP contribution is 2.29. The third kappa shape index (κ3) is 3.58. The smallest absolute Gasteiger partial charge is 0.478 e. The molecule has 8 heteroatoms. The normalized spacial score (nSPS) is 11.6. The van der Waals surface area contributed by atoms with Crippen molar-refractivity contribution in [2.45, 2.75) is 12.8 Å². The van der Waals surface area contributed by atoms with E-state index in [1.165, 1.54) is 0 Å². The molecule has 0 unspecified atom stereocenters. The molecule has 1 N–H and O–H groups in total. The van der Waals surface area contributed by atoms with Gasteiger partial charge in [0.25, 0.3) is 6.43 Å². The molecule has 0 bridgehead atoms. The summed E-state index contributed by atoms with van der Waals surface area (Å²) in [5, 5.41) is 8.57. The van der Waals surface area contributed by atoms with Gasteiger partial charge in [0.15, 0.2) is 0 Å². The Bertz CT molecular complexity index is 427. The summed E-state index contributed by atoms with van der Waals surface area (Å²) in [6.45, 7) is 0. The maximum Gasteiger partial charge on any atom is 0.573 e. The minimum absolute atomic E-state index is 0.400. The van der Waals surface area contributed by atoms with Gasteiger partial charge in [0, 0.05) is 5.56 Å². The number of rotatable bonds is 3. The van der Waals surface area contributed by atoms with Gasteiger partial charge in [-0.05, 0) is 18.2 Å². The first-order valence-electron chi connectivity index (χ1n) is 4.12. The van der Waals surface area contributed by atoms with Crippen LogP contribution in [0, 0.1) is 0 Å². The van der Waals surface area contributed by atoms with E-state index in [-0.39, 0.29) is 0 Å². The molecule has 1 aromatic rings.